The van der Waals surface area contributed by atoms with Gasteiger partial charge in [-0.15, -0.1) is 0 Å². The summed E-state index contributed by atoms with van der Waals surface area (Å²) < 4.78 is 0. The summed E-state index contributed by atoms with van der Waals surface area (Å²) in [6.07, 6.45) is 1.16. The first-order valence-electron chi connectivity index (χ1n) is 3.55. The highest BCUT2D eigenvalue weighted by Crippen LogP contribution is 2.49. The molecule has 0 radical (unpaired) electrons. The highest BCUT2D eigenvalue weighted by Gasteiger charge is 2.48. The highest BCUT2D eigenvalue weighted by molar-refractivity contribution is 7.08. The molecule has 1 aromatic heterocycles. The van der Waals surface area contributed by atoms with Crippen molar-refractivity contribution in [2.24, 2.45) is 11.7 Å². The molecular weight excluding hydrogens is 142 g/mol. The molecule has 0 spiro atoms. The van der Waals surface area contributed by atoms with Gasteiger partial charge in [0.15, 0.2) is 0 Å². The first-order chi connectivity index (χ1) is 4.73. The van der Waals surface area contributed by atoms with Gasteiger partial charge < -0.3 is 5.73 Å². The lowest BCUT2D eigenvalue weighted by Gasteiger charge is -2.05. The van der Waals surface area contributed by atoms with Crippen molar-refractivity contribution < 1.29 is 0 Å². The Bertz CT molecular complexity index is 229. The summed E-state index contributed by atoms with van der Waals surface area (Å²) in [5.74, 6) is 0.682. The fourth-order valence-electron chi connectivity index (χ4n) is 1.38. The van der Waals surface area contributed by atoms with Crippen molar-refractivity contribution in [2.75, 3.05) is 0 Å². The number of hydrogen-bond donors (Lipinski definition) is 1. The molecule has 1 nitrogen and oxygen atoms in total. The van der Waals surface area contributed by atoms with E-state index in [1.54, 1.807) is 11.3 Å². The molecule has 1 fully saturated rings. The molecule has 2 atom stereocenters. The van der Waals surface area contributed by atoms with E-state index in [0.29, 0.717) is 5.92 Å². The van der Waals surface area contributed by atoms with E-state index in [-0.39, 0.29) is 5.54 Å². The van der Waals surface area contributed by atoms with Crippen molar-refractivity contribution in [1.82, 2.24) is 0 Å². The van der Waals surface area contributed by atoms with Gasteiger partial charge in [-0.3, -0.25) is 0 Å². The molecule has 1 heterocycles. The van der Waals surface area contributed by atoms with E-state index in [4.69, 9.17) is 5.73 Å². The zero-order chi connectivity index (χ0) is 7.19. The number of nitrogens with two attached hydrogens (primary N) is 1. The molecule has 54 valence electrons. The van der Waals surface area contributed by atoms with E-state index in [0.717, 1.165) is 6.42 Å². The van der Waals surface area contributed by atoms with Gasteiger partial charge in [0.25, 0.3) is 0 Å². The molecule has 2 N–H and O–H groups in total. The van der Waals surface area contributed by atoms with Gasteiger partial charge in [-0.2, -0.15) is 11.3 Å². The first kappa shape index (κ1) is 6.38. The topological polar surface area (TPSA) is 26.0 Å². The third-order valence-corrected chi connectivity index (χ3v) is 3.11. The van der Waals surface area contributed by atoms with Gasteiger partial charge in [-0.25, -0.2) is 0 Å². The number of thiophene rings is 1. The van der Waals surface area contributed by atoms with Crippen LogP contribution in [0.5, 0.6) is 0 Å². The lowest BCUT2D eigenvalue weighted by Crippen LogP contribution is -2.20. The summed E-state index contributed by atoms with van der Waals surface area (Å²) in [5.41, 5.74) is 7.43. The molecule has 0 saturated heterocycles. The minimum atomic E-state index is 0.0417. The van der Waals surface area contributed by atoms with Crippen LogP contribution in [0, 0.1) is 5.92 Å². The van der Waals surface area contributed by atoms with Crippen LogP contribution in [0.15, 0.2) is 16.8 Å². The Kier molecular flexibility index (Phi) is 1.17. The smallest absolute Gasteiger partial charge is 0.0448 e. The summed E-state index contributed by atoms with van der Waals surface area (Å²) >= 11 is 1.73. The van der Waals surface area contributed by atoms with Crippen LogP contribution in [0.25, 0.3) is 0 Å². The summed E-state index contributed by atoms with van der Waals surface area (Å²) in [6, 6.07) is 2.13. The quantitative estimate of drug-likeness (QED) is 0.655. The Morgan fingerprint density at radius 2 is 2.50 bits per heavy atom. The van der Waals surface area contributed by atoms with Crippen molar-refractivity contribution in [3.05, 3.63) is 22.4 Å². The van der Waals surface area contributed by atoms with Crippen molar-refractivity contribution in [3.63, 3.8) is 0 Å². The van der Waals surface area contributed by atoms with Crippen LogP contribution < -0.4 is 5.73 Å². The Morgan fingerprint density at radius 3 is 2.90 bits per heavy atom. The van der Waals surface area contributed by atoms with E-state index in [1.165, 1.54) is 5.56 Å². The van der Waals surface area contributed by atoms with Gasteiger partial charge in [0.1, 0.15) is 0 Å². The molecule has 2 rings (SSSR count). The van der Waals surface area contributed by atoms with Crippen molar-refractivity contribution in [2.45, 2.75) is 18.9 Å². The van der Waals surface area contributed by atoms with Gasteiger partial charge in [0.05, 0.1) is 0 Å². The van der Waals surface area contributed by atoms with Gasteiger partial charge in [-0.1, -0.05) is 6.92 Å². The molecule has 2 unspecified atom stereocenters. The molecule has 1 aromatic rings. The molecule has 0 amide bonds. The van der Waals surface area contributed by atoms with Gasteiger partial charge in [0, 0.05) is 5.54 Å². The average Bonchev–Trinajstić information content (AvgIpc) is 2.35. The predicted molar refractivity (Wildman–Crippen MR) is 44.0 cm³/mol. The predicted octanol–water partition coefficient (Wildman–Crippen LogP) is 1.94. The molecule has 0 aromatic carbocycles. The van der Waals surface area contributed by atoms with Crippen LogP contribution in [0.2, 0.25) is 0 Å². The van der Waals surface area contributed by atoms with E-state index >= 15 is 0 Å². The molecule has 1 aliphatic carbocycles. The minimum Gasteiger partial charge on any atom is -0.321 e. The van der Waals surface area contributed by atoms with Gasteiger partial charge in [0.2, 0.25) is 0 Å². The Labute approximate surface area is 64.9 Å². The number of hydrogen-bond acceptors (Lipinski definition) is 2. The summed E-state index contributed by atoms with van der Waals surface area (Å²) in [7, 11) is 0. The van der Waals surface area contributed by atoms with Crippen LogP contribution in [-0.2, 0) is 5.54 Å². The normalized spacial score (nSPS) is 38.0. The minimum absolute atomic E-state index is 0.0417. The van der Waals surface area contributed by atoms with Gasteiger partial charge in [-0.05, 0) is 34.7 Å². The standard InChI is InChI=1S/C8H11NS/c1-6-4-8(6,9)7-2-3-10-5-7/h2-3,5-6H,4,9H2,1H3. The maximum atomic E-state index is 6.06. The van der Waals surface area contributed by atoms with Crippen LogP contribution in [0.3, 0.4) is 0 Å². The molecule has 1 saturated carbocycles. The summed E-state index contributed by atoms with van der Waals surface area (Å²) in [5, 5.41) is 4.25. The molecule has 0 aliphatic heterocycles. The monoisotopic (exact) mass is 153 g/mol. The van der Waals surface area contributed by atoms with E-state index in [9.17, 15) is 0 Å². The third kappa shape index (κ3) is 0.724. The zero-order valence-electron chi connectivity index (χ0n) is 6.00. The second-order valence-corrected chi connectivity index (χ2v) is 3.94. The van der Waals surface area contributed by atoms with E-state index in [2.05, 4.69) is 23.8 Å². The molecule has 1 aliphatic rings. The summed E-state index contributed by atoms with van der Waals surface area (Å²) in [6.45, 7) is 2.21. The second-order valence-electron chi connectivity index (χ2n) is 3.16. The molecule has 0 bridgehead atoms. The van der Waals surface area contributed by atoms with Crippen LogP contribution >= 0.6 is 11.3 Å². The third-order valence-electron chi connectivity index (χ3n) is 2.42. The summed E-state index contributed by atoms with van der Waals surface area (Å²) in [4.78, 5) is 0. The maximum absolute atomic E-state index is 6.06. The lowest BCUT2D eigenvalue weighted by molar-refractivity contribution is 0.668. The fourth-order valence-corrected chi connectivity index (χ4v) is 2.13. The van der Waals surface area contributed by atoms with Crippen molar-refractivity contribution in [1.29, 1.82) is 0 Å². The van der Waals surface area contributed by atoms with E-state index in [1.807, 2.05) is 0 Å². The van der Waals surface area contributed by atoms with Crippen LogP contribution in [0.1, 0.15) is 18.9 Å². The van der Waals surface area contributed by atoms with Crippen molar-refractivity contribution >= 4 is 11.3 Å². The Hall–Kier alpha value is -0.340. The van der Waals surface area contributed by atoms with Gasteiger partial charge >= 0.3 is 0 Å². The fraction of sp³-hybridized carbons (Fsp3) is 0.500. The highest BCUT2D eigenvalue weighted by atomic mass is 32.1. The Balaban J connectivity index is 2.30. The average molecular weight is 153 g/mol. The maximum Gasteiger partial charge on any atom is 0.0448 e. The molecular formula is C8H11NS. The first-order valence-corrected chi connectivity index (χ1v) is 4.49. The SMILES string of the molecule is CC1CC1(N)c1ccsc1. The largest absolute Gasteiger partial charge is 0.321 e. The molecule has 10 heavy (non-hydrogen) atoms. The number of rotatable bonds is 1. The Morgan fingerprint density at radius 1 is 1.80 bits per heavy atom. The lowest BCUT2D eigenvalue weighted by atomic mass is 10.1. The van der Waals surface area contributed by atoms with Crippen LogP contribution in [-0.4, -0.2) is 0 Å². The van der Waals surface area contributed by atoms with Crippen LogP contribution in [0.4, 0.5) is 0 Å². The molecule has 2 heteroatoms. The van der Waals surface area contributed by atoms with E-state index < -0.39 is 0 Å². The zero-order valence-corrected chi connectivity index (χ0v) is 6.82. The second kappa shape index (κ2) is 1.83. The van der Waals surface area contributed by atoms with Crippen molar-refractivity contribution in [3.8, 4) is 0 Å².